The van der Waals surface area contributed by atoms with Crippen LogP contribution in [0.25, 0.3) is 0 Å². The minimum atomic E-state index is -0.829. The molecule has 1 aliphatic rings. The number of methoxy groups -OCH3 is 1. The van der Waals surface area contributed by atoms with Gasteiger partial charge in [0, 0.05) is 18.8 Å². The van der Waals surface area contributed by atoms with Gasteiger partial charge in [0.2, 0.25) is 11.8 Å². The van der Waals surface area contributed by atoms with Crippen LogP contribution in [0.4, 0.5) is 0 Å². The largest absolute Gasteiger partial charge is 0.497 e. The molecule has 0 aliphatic carbocycles. The van der Waals surface area contributed by atoms with Gasteiger partial charge in [0.05, 0.1) is 19.4 Å². The number of aromatic nitrogens is 2. The molecule has 21 heavy (non-hydrogen) atoms. The van der Waals surface area contributed by atoms with Crippen LogP contribution >= 0.6 is 18.3 Å². The fourth-order valence-electron chi connectivity index (χ4n) is 1.77. The first-order valence-corrected chi connectivity index (χ1v) is 9.76. The Labute approximate surface area is 135 Å². The summed E-state index contributed by atoms with van der Waals surface area (Å²) in [6, 6.07) is 8.93. The first-order chi connectivity index (χ1) is 10.2. The molecule has 1 aromatic carbocycles. The fourth-order valence-corrected chi connectivity index (χ4v) is 2.97. The van der Waals surface area contributed by atoms with Crippen LogP contribution in [-0.2, 0) is 11.8 Å². The lowest BCUT2D eigenvalue weighted by Gasteiger charge is -2.01. The number of hydrogen-bond acceptors (Lipinski definition) is 4. The van der Waals surface area contributed by atoms with Gasteiger partial charge >= 0.3 is 6.05 Å². The second kappa shape index (κ2) is 8.12. The zero-order valence-electron chi connectivity index (χ0n) is 11.5. The lowest BCUT2D eigenvalue weighted by Crippen LogP contribution is -1.99. The van der Waals surface area contributed by atoms with E-state index in [0.29, 0.717) is 0 Å². The number of hydrazone groups is 1. The molecule has 0 spiro atoms. The summed E-state index contributed by atoms with van der Waals surface area (Å²) in [5.74, 6) is 0.860. The average molecular weight is 339 g/mol. The normalized spacial score (nSPS) is 14.1. The Morgan fingerprint density at radius 1 is 1.38 bits per heavy atom. The Bertz CT molecular complexity index is 584. The highest BCUT2D eigenvalue weighted by atomic mass is 32.9. The number of ether oxygens (including phenoxy) is 1. The summed E-state index contributed by atoms with van der Waals surface area (Å²) < 4.78 is 7.00. The Morgan fingerprint density at radius 2 is 2.14 bits per heavy atom. The van der Waals surface area contributed by atoms with Crippen molar-refractivity contribution in [1.82, 2.24) is 15.0 Å². The third kappa shape index (κ3) is 4.81. The van der Waals surface area contributed by atoms with E-state index in [1.807, 2.05) is 35.1 Å². The highest BCUT2D eigenvalue weighted by Gasteiger charge is 2.24. The van der Waals surface area contributed by atoms with Crippen LogP contribution in [0, 0.1) is 0 Å². The first-order valence-electron chi connectivity index (χ1n) is 6.30. The second-order valence-electron chi connectivity index (χ2n) is 4.14. The zero-order chi connectivity index (χ0) is 15.1. The molecule has 1 aliphatic heterocycles. The van der Waals surface area contributed by atoms with Gasteiger partial charge in [0.1, 0.15) is 18.0 Å². The van der Waals surface area contributed by atoms with E-state index in [4.69, 9.17) is 16.5 Å². The van der Waals surface area contributed by atoms with Gasteiger partial charge in [-0.3, -0.25) is 5.10 Å². The van der Waals surface area contributed by atoms with Crippen LogP contribution in [0.2, 0.25) is 0 Å². The minimum Gasteiger partial charge on any atom is -0.497 e. The quantitative estimate of drug-likeness (QED) is 0.666. The molecule has 0 saturated carbocycles. The summed E-state index contributed by atoms with van der Waals surface area (Å²) in [4.78, 5) is 0. The second-order valence-corrected chi connectivity index (χ2v) is 8.09. The highest BCUT2D eigenvalue weighted by molar-refractivity contribution is 8.55. The van der Waals surface area contributed by atoms with Crippen LogP contribution < -0.4 is 4.74 Å². The van der Waals surface area contributed by atoms with Crippen LogP contribution in [0.15, 0.2) is 47.8 Å². The van der Waals surface area contributed by atoms with E-state index in [9.17, 15) is 0 Å². The predicted octanol–water partition coefficient (Wildman–Crippen LogP) is 3.22. The molecule has 2 heterocycles. The summed E-state index contributed by atoms with van der Waals surface area (Å²) in [5.41, 5.74) is 2.21. The van der Waals surface area contributed by atoms with Crippen LogP contribution in [0.3, 0.4) is 0 Å². The smallest absolute Gasteiger partial charge is 0.382 e. The van der Waals surface area contributed by atoms with Gasteiger partial charge in [-0.2, -0.15) is 5.10 Å². The van der Waals surface area contributed by atoms with Crippen molar-refractivity contribution in [2.45, 2.75) is 6.42 Å². The van der Waals surface area contributed by atoms with Gasteiger partial charge in [-0.15, -0.1) is 5.10 Å². The summed E-state index contributed by atoms with van der Waals surface area (Å²) >= 11 is 9.37. The Balaban J connectivity index is 0.000000272. The summed E-state index contributed by atoms with van der Waals surface area (Å²) in [5, 5.41) is 10.7. The van der Waals surface area contributed by atoms with Crippen molar-refractivity contribution >= 4 is 35.8 Å². The maximum atomic E-state index is 5.12. The molecule has 5 nitrogen and oxygen atoms in total. The van der Waals surface area contributed by atoms with Crippen molar-refractivity contribution in [3.63, 3.8) is 0 Å². The Morgan fingerprint density at radius 3 is 2.57 bits per heavy atom. The first kappa shape index (κ1) is 15.9. The maximum Gasteiger partial charge on any atom is 0.382 e. The van der Waals surface area contributed by atoms with Crippen molar-refractivity contribution in [1.29, 1.82) is 0 Å². The molecule has 1 N–H and O–H groups in total. The number of benzene rings is 1. The predicted molar refractivity (Wildman–Crippen MR) is 92.7 cm³/mol. The number of nitrogens with one attached hydrogen (secondary N) is 1. The number of rotatable bonds is 3. The van der Waals surface area contributed by atoms with Crippen LogP contribution in [0.1, 0.15) is 12.0 Å². The summed E-state index contributed by atoms with van der Waals surface area (Å²) in [6.07, 6.45) is 4.39. The molecule has 2 aromatic rings. The topological polar surface area (TPSA) is 53.5 Å². The molecule has 1 atom stereocenters. The van der Waals surface area contributed by atoms with E-state index in [1.54, 1.807) is 19.5 Å². The lowest BCUT2D eigenvalue weighted by molar-refractivity contribution is 0.415. The van der Waals surface area contributed by atoms with Crippen molar-refractivity contribution in [2.24, 2.45) is 5.10 Å². The molecule has 0 radical (unpaired) electrons. The van der Waals surface area contributed by atoms with E-state index in [0.717, 1.165) is 30.0 Å². The van der Waals surface area contributed by atoms with Crippen molar-refractivity contribution in [3.8, 4) is 5.75 Å². The molecule has 1 unspecified atom stereocenters. The van der Waals surface area contributed by atoms with Gasteiger partial charge in [-0.1, -0.05) is 4.78 Å². The van der Waals surface area contributed by atoms with Gasteiger partial charge < -0.3 is 4.74 Å². The molecular formula is C13H16N4OPS2+. The number of thiol groups is 1. The number of hydrogen-bond donors (Lipinski definition) is 2. The molecule has 1 aromatic heterocycles. The van der Waals surface area contributed by atoms with E-state index >= 15 is 0 Å². The Hall–Kier alpha value is -1.43. The van der Waals surface area contributed by atoms with Crippen molar-refractivity contribution in [3.05, 3.63) is 48.3 Å². The van der Waals surface area contributed by atoms with Gasteiger partial charge in [0.25, 0.3) is 0 Å². The fraction of sp³-hybridized carbons (Fsp3) is 0.231. The molecule has 3 rings (SSSR count). The molecule has 8 heteroatoms. The van der Waals surface area contributed by atoms with Gasteiger partial charge in [-0.25, -0.2) is 0 Å². The van der Waals surface area contributed by atoms with Gasteiger partial charge in [0.15, 0.2) is 0 Å². The van der Waals surface area contributed by atoms with Gasteiger partial charge in [-0.05, 0) is 35.9 Å². The standard InChI is InChI=1S/C10H11N2OPS2.C3H4N2/c1-13-9-4-2-8(3-5-9)10-6-7-12(11-10)14(15)16;1-2-4-5-3-1/h2-5H,6-7H2,1H3;1-3H,(H,4,5)/p+1. The highest BCUT2D eigenvalue weighted by Crippen LogP contribution is 2.35. The SMILES string of the molecule is COc1ccc(C2=NN([P+](=S)S)CC2)cc1.c1cn[nH]c1. The molecule has 0 fully saturated rings. The van der Waals surface area contributed by atoms with E-state index in [-0.39, 0.29) is 0 Å². The maximum absolute atomic E-state index is 5.12. The number of nitrogens with zero attached hydrogens (tertiary/aromatic N) is 3. The number of H-pyrrole nitrogens is 1. The molecule has 0 amide bonds. The van der Waals surface area contributed by atoms with Crippen LogP contribution in [0.5, 0.6) is 5.75 Å². The van der Waals surface area contributed by atoms with Crippen LogP contribution in [-0.4, -0.2) is 34.3 Å². The third-order valence-corrected chi connectivity index (χ3v) is 4.68. The van der Waals surface area contributed by atoms with Crippen molar-refractivity contribution < 1.29 is 4.74 Å². The summed E-state index contributed by atoms with van der Waals surface area (Å²) in [7, 11) is 1.66. The van der Waals surface area contributed by atoms with Crippen molar-refractivity contribution in [2.75, 3.05) is 13.7 Å². The zero-order valence-corrected chi connectivity index (χ0v) is 14.1. The monoisotopic (exact) mass is 339 g/mol. The molecule has 0 saturated heterocycles. The third-order valence-electron chi connectivity index (χ3n) is 2.81. The summed E-state index contributed by atoms with van der Waals surface area (Å²) in [6.45, 7) is 0.875. The molecule has 110 valence electrons. The lowest BCUT2D eigenvalue weighted by atomic mass is 10.1. The number of aromatic amines is 1. The molecular weight excluding hydrogens is 323 g/mol. The molecule has 0 bridgehead atoms. The van der Waals surface area contributed by atoms with E-state index in [1.165, 1.54) is 0 Å². The van der Waals surface area contributed by atoms with E-state index in [2.05, 4.69) is 27.5 Å². The Kier molecular flexibility index (Phi) is 6.17. The van der Waals surface area contributed by atoms with E-state index < -0.39 is 6.05 Å². The average Bonchev–Trinajstić information content (AvgIpc) is 3.21. The minimum absolute atomic E-state index is 0.829.